The van der Waals surface area contributed by atoms with E-state index in [2.05, 4.69) is 41.1 Å². The molecule has 3 nitrogen and oxygen atoms in total. The van der Waals surface area contributed by atoms with Crippen LogP contribution in [0, 0.1) is 20.8 Å². The van der Waals surface area contributed by atoms with Gasteiger partial charge in [-0.25, -0.2) is 4.98 Å². The summed E-state index contributed by atoms with van der Waals surface area (Å²) in [5.74, 6) is 1.09. The van der Waals surface area contributed by atoms with Crippen LogP contribution in [0.5, 0.6) is 0 Å². The van der Waals surface area contributed by atoms with Crippen molar-refractivity contribution in [1.29, 1.82) is 0 Å². The summed E-state index contributed by atoms with van der Waals surface area (Å²) in [6, 6.07) is 0. The van der Waals surface area contributed by atoms with E-state index in [1.165, 1.54) is 16.8 Å². The Hall–Kier alpha value is -1.51. The second kappa shape index (κ2) is 3.57. The van der Waals surface area contributed by atoms with Gasteiger partial charge < -0.3 is 9.13 Å². The number of rotatable bonds is 2. The number of aryl methyl sites for hydroxylation is 2. The third-order valence-corrected chi connectivity index (χ3v) is 3.15. The fraction of sp³-hybridized carbons (Fsp3) is 0.417. The van der Waals surface area contributed by atoms with Gasteiger partial charge in [-0.2, -0.15) is 0 Å². The molecule has 0 bridgehead atoms. The van der Waals surface area contributed by atoms with Crippen molar-refractivity contribution >= 4 is 0 Å². The lowest BCUT2D eigenvalue weighted by atomic mass is 10.2. The molecule has 2 heterocycles. The first-order chi connectivity index (χ1) is 7.09. The molecule has 0 aliphatic carbocycles. The minimum atomic E-state index is 0.851. The molecule has 2 aromatic rings. The molecule has 15 heavy (non-hydrogen) atoms. The van der Waals surface area contributed by atoms with Crippen LogP contribution >= 0.6 is 0 Å². The lowest BCUT2D eigenvalue weighted by Gasteiger charge is -2.06. The van der Waals surface area contributed by atoms with Crippen molar-refractivity contribution in [3.63, 3.8) is 0 Å². The monoisotopic (exact) mass is 203 g/mol. The molecule has 3 heteroatoms. The lowest BCUT2D eigenvalue weighted by Crippen LogP contribution is -2.06. The molecule has 80 valence electrons. The van der Waals surface area contributed by atoms with E-state index in [4.69, 9.17) is 0 Å². The van der Waals surface area contributed by atoms with Gasteiger partial charge in [0.1, 0.15) is 5.82 Å². The summed E-state index contributed by atoms with van der Waals surface area (Å²) in [6.07, 6.45) is 6.01. The topological polar surface area (TPSA) is 22.8 Å². The Morgan fingerprint density at radius 3 is 2.47 bits per heavy atom. The predicted molar refractivity (Wildman–Crippen MR) is 61.0 cm³/mol. The number of aromatic nitrogens is 3. The molecule has 2 aromatic heterocycles. The smallest absolute Gasteiger partial charge is 0.128 e. The molecule has 0 aromatic carbocycles. The van der Waals surface area contributed by atoms with E-state index < -0.39 is 0 Å². The Morgan fingerprint density at radius 2 is 2.00 bits per heavy atom. The summed E-state index contributed by atoms with van der Waals surface area (Å²) in [6.45, 7) is 7.33. The molecular weight excluding hydrogens is 186 g/mol. The highest BCUT2D eigenvalue weighted by Crippen LogP contribution is 2.15. The van der Waals surface area contributed by atoms with E-state index in [9.17, 15) is 0 Å². The molecule has 0 saturated heterocycles. The van der Waals surface area contributed by atoms with Gasteiger partial charge in [0, 0.05) is 31.3 Å². The molecule has 0 amide bonds. The average Bonchev–Trinajstić information content (AvgIpc) is 2.69. The van der Waals surface area contributed by atoms with E-state index in [1.54, 1.807) is 0 Å². The average molecular weight is 203 g/mol. The molecule has 0 spiro atoms. The van der Waals surface area contributed by atoms with Gasteiger partial charge in [-0.15, -0.1) is 0 Å². The Bertz CT molecular complexity index is 477. The summed E-state index contributed by atoms with van der Waals surface area (Å²) in [7, 11) is 2.03. The van der Waals surface area contributed by atoms with Crippen LogP contribution in [0.25, 0.3) is 0 Å². The van der Waals surface area contributed by atoms with Crippen molar-refractivity contribution in [3.05, 3.63) is 41.2 Å². The first-order valence-corrected chi connectivity index (χ1v) is 5.18. The van der Waals surface area contributed by atoms with Crippen molar-refractivity contribution in [2.45, 2.75) is 27.3 Å². The maximum absolute atomic E-state index is 4.33. The fourth-order valence-electron chi connectivity index (χ4n) is 1.79. The number of imidazole rings is 1. The summed E-state index contributed by atoms with van der Waals surface area (Å²) in [5.41, 5.74) is 4.06. The normalized spacial score (nSPS) is 10.9. The van der Waals surface area contributed by atoms with Crippen LogP contribution in [0.2, 0.25) is 0 Å². The van der Waals surface area contributed by atoms with Gasteiger partial charge in [0.2, 0.25) is 0 Å². The van der Waals surface area contributed by atoms with Crippen LogP contribution in [0.15, 0.2) is 18.6 Å². The summed E-state index contributed by atoms with van der Waals surface area (Å²) < 4.78 is 4.32. The van der Waals surface area contributed by atoms with Crippen molar-refractivity contribution in [2.75, 3.05) is 0 Å². The first kappa shape index (κ1) is 10.0. The maximum atomic E-state index is 4.33. The summed E-state index contributed by atoms with van der Waals surface area (Å²) in [4.78, 5) is 4.33. The maximum Gasteiger partial charge on any atom is 0.128 e. The minimum absolute atomic E-state index is 0.851. The predicted octanol–water partition coefficient (Wildman–Crippen LogP) is 2.20. The molecule has 0 atom stereocenters. The van der Waals surface area contributed by atoms with Crippen LogP contribution in [-0.2, 0) is 13.6 Å². The van der Waals surface area contributed by atoms with Gasteiger partial charge in [-0.05, 0) is 31.9 Å². The lowest BCUT2D eigenvalue weighted by molar-refractivity contribution is 0.686. The van der Waals surface area contributed by atoms with Gasteiger partial charge in [0.15, 0.2) is 0 Å². The van der Waals surface area contributed by atoms with Gasteiger partial charge in [0.05, 0.1) is 6.54 Å². The van der Waals surface area contributed by atoms with Crippen LogP contribution < -0.4 is 0 Å². The number of hydrogen-bond acceptors (Lipinski definition) is 1. The second-order valence-electron chi connectivity index (χ2n) is 4.10. The van der Waals surface area contributed by atoms with Gasteiger partial charge in [0.25, 0.3) is 0 Å². The Kier molecular flexibility index (Phi) is 2.39. The fourth-order valence-corrected chi connectivity index (χ4v) is 1.79. The third kappa shape index (κ3) is 1.69. The third-order valence-electron chi connectivity index (χ3n) is 3.15. The zero-order valence-corrected chi connectivity index (χ0v) is 9.78. The van der Waals surface area contributed by atoms with Crippen LogP contribution in [0.4, 0.5) is 0 Å². The second-order valence-corrected chi connectivity index (χ2v) is 4.10. The molecular formula is C12H17N3. The highest BCUT2D eigenvalue weighted by atomic mass is 15.1. The Morgan fingerprint density at radius 1 is 1.27 bits per heavy atom. The van der Waals surface area contributed by atoms with E-state index in [-0.39, 0.29) is 0 Å². The molecule has 0 radical (unpaired) electrons. The van der Waals surface area contributed by atoms with Gasteiger partial charge in [-0.1, -0.05) is 0 Å². The van der Waals surface area contributed by atoms with E-state index in [1.807, 2.05) is 19.4 Å². The molecule has 0 saturated carbocycles. The first-order valence-electron chi connectivity index (χ1n) is 5.18. The van der Waals surface area contributed by atoms with Crippen molar-refractivity contribution in [2.24, 2.45) is 7.05 Å². The highest BCUT2D eigenvalue weighted by molar-refractivity contribution is 5.29. The Balaban J connectivity index is 2.33. The largest absolute Gasteiger partial charge is 0.344 e. The molecule has 0 fully saturated rings. The minimum Gasteiger partial charge on any atom is -0.344 e. The molecule has 0 unspecified atom stereocenters. The van der Waals surface area contributed by atoms with Crippen LogP contribution in [-0.4, -0.2) is 14.1 Å². The summed E-state index contributed by atoms with van der Waals surface area (Å²) in [5, 5.41) is 0. The van der Waals surface area contributed by atoms with Crippen molar-refractivity contribution in [1.82, 2.24) is 14.1 Å². The Labute approximate surface area is 90.4 Å². The van der Waals surface area contributed by atoms with Crippen molar-refractivity contribution < 1.29 is 0 Å². The van der Waals surface area contributed by atoms with Gasteiger partial charge in [-0.3, -0.25) is 0 Å². The zero-order valence-electron chi connectivity index (χ0n) is 9.78. The van der Waals surface area contributed by atoms with E-state index >= 15 is 0 Å². The zero-order chi connectivity index (χ0) is 11.0. The highest BCUT2D eigenvalue weighted by Gasteiger charge is 2.07. The van der Waals surface area contributed by atoms with Gasteiger partial charge >= 0.3 is 0 Å². The van der Waals surface area contributed by atoms with E-state index in [0.717, 1.165) is 12.4 Å². The molecule has 2 rings (SSSR count). The van der Waals surface area contributed by atoms with Crippen LogP contribution in [0.3, 0.4) is 0 Å². The quantitative estimate of drug-likeness (QED) is 0.733. The van der Waals surface area contributed by atoms with Crippen LogP contribution in [0.1, 0.15) is 22.6 Å². The molecule has 0 aliphatic rings. The SMILES string of the molecule is Cc1cn(Cc2nccn2C)c(C)c1C. The van der Waals surface area contributed by atoms with Crippen molar-refractivity contribution in [3.8, 4) is 0 Å². The standard InChI is InChI=1S/C12H17N3/c1-9-7-15(11(3)10(9)2)8-12-13-5-6-14(12)4/h5-7H,8H2,1-4H3. The molecule has 0 N–H and O–H groups in total. The summed E-state index contributed by atoms with van der Waals surface area (Å²) >= 11 is 0. The number of hydrogen-bond donors (Lipinski definition) is 0. The molecule has 0 aliphatic heterocycles. The van der Waals surface area contributed by atoms with E-state index in [0.29, 0.717) is 0 Å². The number of nitrogens with zero attached hydrogens (tertiary/aromatic N) is 3.